The summed E-state index contributed by atoms with van der Waals surface area (Å²) in [6.07, 6.45) is 3.02. The number of hydrogen-bond acceptors (Lipinski definition) is 6. The number of imidazole rings is 1. The SMILES string of the molecule is CCOC(=O)c1sc(N2CCC(n3c(CC)nc4ccccc43)CC2)nc1C. The third-order valence-corrected chi connectivity index (χ3v) is 6.53. The lowest BCUT2D eigenvalue weighted by Crippen LogP contribution is -2.35. The minimum absolute atomic E-state index is 0.267. The Morgan fingerprint density at radius 1 is 1.21 bits per heavy atom. The molecule has 0 saturated carbocycles. The summed E-state index contributed by atoms with van der Waals surface area (Å²) in [4.78, 5) is 24.5. The number of para-hydroxylation sites is 2. The zero-order chi connectivity index (χ0) is 19.7. The number of aryl methyl sites for hydroxylation is 2. The van der Waals surface area contributed by atoms with Gasteiger partial charge in [-0.25, -0.2) is 14.8 Å². The Morgan fingerprint density at radius 2 is 1.96 bits per heavy atom. The van der Waals surface area contributed by atoms with Crippen LogP contribution < -0.4 is 4.90 Å². The van der Waals surface area contributed by atoms with Crippen molar-refractivity contribution >= 4 is 33.5 Å². The zero-order valence-electron chi connectivity index (χ0n) is 16.6. The van der Waals surface area contributed by atoms with Crippen molar-refractivity contribution < 1.29 is 9.53 Å². The summed E-state index contributed by atoms with van der Waals surface area (Å²) >= 11 is 1.44. The molecule has 6 nitrogen and oxygen atoms in total. The van der Waals surface area contributed by atoms with Gasteiger partial charge in [-0.15, -0.1) is 0 Å². The molecule has 0 radical (unpaired) electrons. The van der Waals surface area contributed by atoms with Crippen LogP contribution in [0.3, 0.4) is 0 Å². The second-order valence-corrected chi connectivity index (χ2v) is 8.07. The summed E-state index contributed by atoms with van der Waals surface area (Å²) in [5, 5.41) is 0.921. The molecule has 1 aliphatic rings. The summed E-state index contributed by atoms with van der Waals surface area (Å²) in [7, 11) is 0. The molecule has 148 valence electrons. The van der Waals surface area contributed by atoms with Crippen LogP contribution in [0.15, 0.2) is 24.3 Å². The van der Waals surface area contributed by atoms with Crippen LogP contribution in [0.25, 0.3) is 11.0 Å². The number of carbonyl (C=O) groups is 1. The normalized spacial score (nSPS) is 15.3. The van der Waals surface area contributed by atoms with Gasteiger partial charge in [-0.05, 0) is 38.8 Å². The van der Waals surface area contributed by atoms with Gasteiger partial charge in [-0.3, -0.25) is 0 Å². The maximum atomic E-state index is 12.1. The Balaban J connectivity index is 1.52. The van der Waals surface area contributed by atoms with Gasteiger partial charge in [0, 0.05) is 25.6 Å². The quantitative estimate of drug-likeness (QED) is 0.597. The molecule has 0 unspecified atom stereocenters. The lowest BCUT2D eigenvalue weighted by molar-refractivity contribution is 0.0531. The van der Waals surface area contributed by atoms with Crippen molar-refractivity contribution in [3.63, 3.8) is 0 Å². The molecule has 3 aromatic rings. The Kier molecular flexibility index (Phi) is 5.35. The van der Waals surface area contributed by atoms with E-state index in [2.05, 4.69) is 39.6 Å². The molecule has 1 aliphatic heterocycles. The fourth-order valence-corrected chi connectivity index (χ4v) is 4.98. The van der Waals surface area contributed by atoms with E-state index in [9.17, 15) is 4.79 Å². The third-order valence-electron chi connectivity index (χ3n) is 5.33. The monoisotopic (exact) mass is 398 g/mol. The molecule has 1 fully saturated rings. The van der Waals surface area contributed by atoms with Crippen molar-refractivity contribution in [2.24, 2.45) is 0 Å². The molecule has 28 heavy (non-hydrogen) atoms. The molecule has 0 atom stereocenters. The molecule has 4 rings (SSSR count). The van der Waals surface area contributed by atoms with Crippen LogP contribution in [0.4, 0.5) is 5.13 Å². The number of ether oxygens (including phenoxy) is 1. The van der Waals surface area contributed by atoms with Gasteiger partial charge >= 0.3 is 5.97 Å². The van der Waals surface area contributed by atoms with E-state index in [0.717, 1.165) is 54.5 Å². The summed E-state index contributed by atoms with van der Waals surface area (Å²) in [5.41, 5.74) is 3.07. The highest BCUT2D eigenvalue weighted by Crippen LogP contribution is 2.33. The van der Waals surface area contributed by atoms with Crippen LogP contribution in [0.2, 0.25) is 0 Å². The van der Waals surface area contributed by atoms with Crippen molar-refractivity contribution in [1.82, 2.24) is 14.5 Å². The predicted octanol–water partition coefficient (Wildman–Crippen LogP) is 4.38. The average molecular weight is 399 g/mol. The van der Waals surface area contributed by atoms with Gasteiger partial charge in [0.05, 0.1) is 23.3 Å². The van der Waals surface area contributed by atoms with Crippen LogP contribution in [0, 0.1) is 6.92 Å². The zero-order valence-corrected chi connectivity index (χ0v) is 17.5. The number of esters is 1. The van der Waals surface area contributed by atoms with Crippen molar-refractivity contribution in [3.05, 3.63) is 40.7 Å². The topological polar surface area (TPSA) is 60.2 Å². The highest BCUT2D eigenvalue weighted by molar-refractivity contribution is 7.17. The third kappa shape index (κ3) is 3.39. The minimum atomic E-state index is -0.267. The molecule has 3 heterocycles. The van der Waals surface area contributed by atoms with Gasteiger partial charge in [0.25, 0.3) is 0 Å². The Morgan fingerprint density at radius 3 is 2.68 bits per heavy atom. The molecule has 0 aliphatic carbocycles. The van der Waals surface area contributed by atoms with E-state index < -0.39 is 0 Å². The first-order valence-corrected chi connectivity index (χ1v) is 10.8. The van der Waals surface area contributed by atoms with E-state index in [1.807, 2.05) is 19.9 Å². The molecule has 7 heteroatoms. The van der Waals surface area contributed by atoms with Crippen LogP contribution in [0.1, 0.15) is 53.9 Å². The molecule has 0 N–H and O–H groups in total. The summed E-state index contributed by atoms with van der Waals surface area (Å²) < 4.78 is 7.58. The molecular weight excluding hydrogens is 372 g/mol. The number of carbonyl (C=O) groups excluding carboxylic acids is 1. The first kappa shape index (κ1) is 18.9. The standard InChI is InChI=1S/C21H26N4O2S/c1-4-18-23-16-8-6-7-9-17(16)25(18)15-10-12-24(13-11-15)21-22-14(3)19(28-21)20(26)27-5-2/h6-9,15H,4-5,10-13H2,1-3H3. The fourth-order valence-electron chi connectivity index (χ4n) is 3.97. The molecule has 0 bridgehead atoms. The van der Waals surface area contributed by atoms with Crippen molar-refractivity contribution in [2.75, 3.05) is 24.6 Å². The van der Waals surface area contributed by atoms with E-state index in [1.54, 1.807) is 0 Å². The van der Waals surface area contributed by atoms with Gasteiger partial charge in [-0.1, -0.05) is 30.4 Å². The highest BCUT2D eigenvalue weighted by Gasteiger charge is 2.27. The lowest BCUT2D eigenvalue weighted by Gasteiger charge is -2.33. The van der Waals surface area contributed by atoms with Crippen molar-refractivity contribution in [1.29, 1.82) is 0 Å². The molecular formula is C21H26N4O2S. The number of benzene rings is 1. The average Bonchev–Trinajstić information content (AvgIpc) is 3.28. The van der Waals surface area contributed by atoms with Gasteiger partial charge in [0.1, 0.15) is 10.7 Å². The number of piperidine rings is 1. The first-order chi connectivity index (χ1) is 13.6. The Bertz CT molecular complexity index is 986. The lowest BCUT2D eigenvalue weighted by atomic mass is 10.0. The number of fused-ring (bicyclic) bond motifs is 1. The number of rotatable bonds is 5. The molecule has 1 aromatic carbocycles. The van der Waals surface area contributed by atoms with Gasteiger partial charge in [-0.2, -0.15) is 0 Å². The van der Waals surface area contributed by atoms with E-state index in [-0.39, 0.29) is 5.97 Å². The molecule has 2 aromatic heterocycles. The Hall–Kier alpha value is -2.41. The number of hydrogen-bond donors (Lipinski definition) is 0. The smallest absolute Gasteiger partial charge is 0.350 e. The van der Waals surface area contributed by atoms with Gasteiger partial charge in [0.2, 0.25) is 0 Å². The number of nitrogens with zero attached hydrogens (tertiary/aromatic N) is 4. The van der Waals surface area contributed by atoms with Crippen LogP contribution in [-0.2, 0) is 11.2 Å². The second-order valence-electron chi connectivity index (χ2n) is 7.09. The fraction of sp³-hybridized carbons (Fsp3) is 0.476. The van der Waals surface area contributed by atoms with Gasteiger partial charge in [0.15, 0.2) is 5.13 Å². The largest absolute Gasteiger partial charge is 0.462 e. The van der Waals surface area contributed by atoms with E-state index in [4.69, 9.17) is 9.72 Å². The summed E-state index contributed by atoms with van der Waals surface area (Å²) in [5.74, 6) is 0.894. The summed E-state index contributed by atoms with van der Waals surface area (Å²) in [6, 6.07) is 8.85. The molecule has 1 saturated heterocycles. The van der Waals surface area contributed by atoms with Crippen molar-refractivity contribution in [2.45, 2.75) is 46.1 Å². The highest BCUT2D eigenvalue weighted by atomic mass is 32.1. The van der Waals surface area contributed by atoms with Crippen LogP contribution >= 0.6 is 11.3 Å². The minimum Gasteiger partial charge on any atom is -0.462 e. The molecule has 0 amide bonds. The van der Waals surface area contributed by atoms with Crippen molar-refractivity contribution in [3.8, 4) is 0 Å². The predicted molar refractivity (Wildman–Crippen MR) is 112 cm³/mol. The van der Waals surface area contributed by atoms with E-state index in [0.29, 0.717) is 17.5 Å². The number of aromatic nitrogens is 3. The Labute approximate surface area is 169 Å². The number of thiazole rings is 1. The first-order valence-electron chi connectivity index (χ1n) is 9.97. The van der Waals surface area contributed by atoms with E-state index in [1.165, 1.54) is 16.9 Å². The maximum Gasteiger partial charge on any atom is 0.350 e. The van der Waals surface area contributed by atoms with Crippen LogP contribution in [0.5, 0.6) is 0 Å². The number of anilines is 1. The molecule has 0 spiro atoms. The summed E-state index contributed by atoms with van der Waals surface area (Å²) in [6.45, 7) is 8.11. The van der Waals surface area contributed by atoms with E-state index >= 15 is 0 Å². The van der Waals surface area contributed by atoms with Gasteiger partial charge < -0.3 is 14.2 Å². The second kappa shape index (κ2) is 7.91. The van der Waals surface area contributed by atoms with Crippen LogP contribution in [-0.4, -0.2) is 40.2 Å². The maximum absolute atomic E-state index is 12.1.